The Hall–Kier alpha value is -3.04. The van der Waals surface area contributed by atoms with E-state index in [4.69, 9.17) is 23.7 Å². The molecule has 2 heterocycles. The maximum Gasteiger partial charge on any atom is 0.337 e. The largest absolute Gasteiger partial charge is 0.508 e. The molecule has 0 bridgehead atoms. The third-order valence-corrected chi connectivity index (χ3v) is 7.34. The number of aliphatic hydroxyl groups is 5. The van der Waals surface area contributed by atoms with E-state index in [-0.39, 0.29) is 11.3 Å². The Kier molecular flexibility index (Phi) is 8.91. The number of carbonyl (C=O) groups excluding carboxylic acids is 2. The van der Waals surface area contributed by atoms with Gasteiger partial charge in [0, 0.05) is 23.8 Å². The first-order valence-corrected chi connectivity index (χ1v) is 12.3. The Balaban J connectivity index is 1.54. The van der Waals surface area contributed by atoms with E-state index in [0.717, 1.165) is 19.4 Å². The lowest BCUT2D eigenvalue weighted by molar-refractivity contribution is -0.343. The first-order chi connectivity index (χ1) is 18.6. The minimum absolute atomic E-state index is 0.0197. The van der Waals surface area contributed by atoms with Gasteiger partial charge in [-0.1, -0.05) is 19.1 Å². The van der Waals surface area contributed by atoms with Gasteiger partial charge in [-0.25, -0.2) is 9.59 Å². The highest BCUT2D eigenvalue weighted by molar-refractivity contribution is 5.89. The summed E-state index contributed by atoms with van der Waals surface area (Å²) < 4.78 is 27.2. The molecule has 0 aromatic heterocycles. The van der Waals surface area contributed by atoms with Crippen LogP contribution in [0.5, 0.6) is 5.75 Å². The Morgan fingerprint density at radius 3 is 2.33 bits per heavy atom. The van der Waals surface area contributed by atoms with Crippen molar-refractivity contribution in [1.29, 1.82) is 0 Å². The van der Waals surface area contributed by atoms with E-state index in [2.05, 4.69) is 0 Å². The van der Waals surface area contributed by atoms with Crippen LogP contribution in [-0.2, 0) is 33.3 Å². The molecule has 0 spiro atoms. The van der Waals surface area contributed by atoms with Gasteiger partial charge in [-0.05, 0) is 23.8 Å². The van der Waals surface area contributed by atoms with Crippen molar-refractivity contribution in [3.8, 4) is 5.75 Å². The summed E-state index contributed by atoms with van der Waals surface area (Å²) in [5, 5.41) is 60.6. The van der Waals surface area contributed by atoms with Crippen molar-refractivity contribution in [1.82, 2.24) is 0 Å². The van der Waals surface area contributed by atoms with Crippen LogP contribution in [0.15, 0.2) is 42.2 Å². The van der Waals surface area contributed by atoms with Gasteiger partial charge in [0.25, 0.3) is 0 Å². The zero-order chi connectivity index (χ0) is 28.4. The number of fused-ring (bicyclic) bond motifs is 1. The van der Waals surface area contributed by atoms with Gasteiger partial charge >= 0.3 is 11.9 Å². The predicted molar refractivity (Wildman–Crippen MR) is 129 cm³/mol. The van der Waals surface area contributed by atoms with Crippen molar-refractivity contribution in [2.75, 3.05) is 13.7 Å². The number of phenolic OH excluding ortho intramolecular Hbond substituents is 1. The molecule has 11 atom stereocenters. The summed E-state index contributed by atoms with van der Waals surface area (Å²) in [5.41, 5.74) is 0.601. The van der Waals surface area contributed by atoms with Crippen LogP contribution < -0.4 is 0 Å². The van der Waals surface area contributed by atoms with E-state index in [1.54, 1.807) is 19.1 Å². The first-order valence-electron chi connectivity index (χ1n) is 12.3. The molecular weight excluding hydrogens is 520 g/mol. The highest BCUT2D eigenvalue weighted by atomic mass is 16.8. The quantitative estimate of drug-likeness (QED) is 0.174. The Morgan fingerprint density at radius 2 is 1.69 bits per heavy atom. The monoisotopic (exact) mass is 552 g/mol. The molecule has 2 aliphatic heterocycles. The number of benzene rings is 1. The van der Waals surface area contributed by atoms with Crippen molar-refractivity contribution in [2.45, 2.75) is 56.1 Å². The van der Waals surface area contributed by atoms with Crippen LogP contribution >= 0.6 is 0 Å². The van der Waals surface area contributed by atoms with Gasteiger partial charge in [-0.2, -0.15) is 0 Å². The van der Waals surface area contributed by atoms with Crippen LogP contribution in [-0.4, -0.2) is 105 Å². The average molecular weight is 553 g/mol. The van der Waals surface area contributed by atoms with Crippen molar-refractivity contribution >= 4 is 18.0 Å². The summed E-state index contributed by atoms with van der Waals surface area (Å²) in [6.07, 6.45) is -7.83. The minimum atomic E-state index is -1.71. The standard InChI is InChI=1S/C26H32O13/c1-11-17-18(20(31)23(11)38-16(29)8-5-12-3-6-13(28)7-4-12)14(24(34)35-2)10-36-25(17)39-26-22(33)21(32)19(30)15(9-27)37-26/h3-8,10-11,15,17-23,25-28,30-33H,9H2,1-2H3/b8-5+. The van der Waals surface area contributed by atoms with Crippen LogP contribution in [0.2, 0.25) is 0 Å². The molecule has 1 aromatic rings. The number of aliphatic hydroxyl groups excluding tert-OH is 5. The number of methoxy groups -OCH3 is 1. The molecule has 4 rings (SSSR count). The molecule has 214 valence electrons. The molecule has 1 saturated heterocycles. The SMILES string of the molecule is COC(=O)C1=COC(OC2OC(CO)C(O)C(O)C2O)C2C(C)C(OC(=O)/C=C/c3ccc(O)cc3)C(O)C12. The van der Waals surface area contributed by atoms with Crippen molar-refractivity contribution < 1.29 is 63.9 Å². The fourth-order valence-electron chi connectivity index (χ4n) is 5.24. The topological polar surface area (TPSA) is 202 Å². The number of ether oxygens (including phenoxy) is 5. The molecule has 1 aliphatic carbocycles. The second-order valence-corrected chi connectivity index (χ2v) is 9.68. The summed E-state index contributed by atoms with van der Waals surface area (Å²) in [5.74, 6) is -3.91. The number of phenols is 1. The zero-order valence-corrected chi connectivity index (χ0v) is 21.1. The lowest BCUT2D eigenvalue weighted by Gasteiger charge is -2.43. The van der Waals surface area contributed by atoms with Gasteiger partial charge in [0.1, 0.15) is 36.3 Å². The highest BCUT2D eigenvalue weighted by Crippen LogP contribution is 2.49. The molecule has 39 heavy (non-hydrogen) atoms. The number of carbonyl (C=O) groups is 2. The fraction of sp³-hybridized carbons (Fsp3) is 0.538. The molecule has 0 amide bonds. The van der Waals surface area contributed by atoms with Crippen LogP contribution in [0.4, 0.5) is 0 Å². The first kappa shape index (κ1) is 29.0. The molecule has 1 aromatic carbocycles. The van der Waals surface area contributed by atoms with E-state index in [9.17, 15) is 40.2 Å². The molecule has 1 saturated carbocycles. The minimum Gasteiger partial charge on any atom is -0.508 e. The van der Waals surface area contributed by atoms with Gasteiger partial charge < -0.3 is 54.3 Å². The number of aromatic hydroxyl groups is 1. The number of rotatable bonds is 7. The van der Waals surface area contributed by atoms with Crippen molar-refractivity contribution in [3.63, 3.8) is 0 Å². The van der Waals surface area contributed by atoms with Crippen molar-refractivity contribution in [2.24, 2.45) is 17.8 Å². The number of hydrogen-bond acceptors (Lipinski definition) is 13. The van der Waals surface area contributed by atoms with Crippen LogP contribution in [0.3, 0.4) is 0 Å². The zero-order valence-electron chi connectivity index (χ0n) is 21.1. The van der Waals surface area contributed by atoms with E-state index in [1.165, 1.54) is 18.2 Å². The number of esters is 2. The second-order valence-electron chi connectivity index (χ2n) is 9.68. The Labute approximate surface area is 223 Å². The van der Waals surface area contributed by atoms with Gasteiger partial charge in [0.05, 0.1) is 31.7 Å². The third kappa shape index (κ3) is 5.79. The summed E-state index contributed by atoms with van der Waals surface area (Å²) in [7, 11) is 1.16. The van der Waals surface area contributed by atoms with Gasteiger partial charge in [-0.3, -0.25) is 0 Å². The third-order valence-electron chi connectivity index (χ3n) is 7.34. The summed E-state index contributed by atoms with van der Waals surface area (Å²) in [4.78, 5) is 25.1. The van der Waals surface area contributed by atoms with Crippen LogP contribution in [0.25, 0.3) is 6.08 Å². The molecule has 11 unspecified atom stereocenters. The maximum atomic E-state index is 12.6. The van der Waals surface area contributed by atoms with E-state index in [1.807, 2.05) is 0 Å². The van der Waals surface area contributed by atoms with E-state index < -0.39 is 85.5 Å². The normalized spacial score (nSPS) is 38.0. The molecule has 13 nitrogen and oxygen atoms in total. The average Bonchev–Trinajstić information content (AvgIpc) is 3.18. The summed E-state index contributed by atoms with van der Waals surface area (Å²) >= 11 is 0. The molecule has 13 heteroatoms. The van der Waals surface area contributed by atoms with Gasteiger partial charge in [-0.15, -0.1) is 0 Å². The molecule has 2 fully saturated rings. The van der Waals surface area contributed by atoms with Crippen LogP contribution in [0.1, 0.15) is 12.5 Å². The smallest absolute Gasteiger partial charge is 0.337 e. The lowest BCUT2D eigenvalue weighted by Crippen LogP contribution is -2.60. The maximum absolute atomic E-state index is 12.6. The molecule has 6 N–H and O–H groups in total. The lowest BCUT2D eigenvalue weighted by atomic mass is 9.82. The Bertz CT molecular complexity index is 1080. The van der Waals surface area contributed by atoms with E-state index in [0.29, 0.717) is 5.56 Å². The van der Waals surface area contributed by atoms with Crippen molar-refractivity contribution in [3.05, 3.63) is 47.7 Å². The van der Waals surface area contributed by atoms with Gasteiger partial charge in [0.15, 0.2) is 6.29 Å². The molecular formula is C26H32O13. The summed E-state index contributed by atoms with van der Waals surface area (Å²) in [6, 6.07) is 6.09. The second kappa shape index (κ2) is 12.0. The predicted octanol–water partition coefficient (Wildman–Crippen LogP) is -1.21. The van der Waals surface area contributed by atoms with E-state index >= 15 is 0 Å². The van der Waals surface area contributed by atoms with Crippen LogP contribution in [0, 0.1) is 17.8 Å². The highest BCUT2D eigenvalue weighted by Gasteiger charge is 2.59. The molecule has 0 radical (unpaired) electrons. The summed E-state index contributed by atoms with van der Waals surface area (Å²) in [6.45, 7) is 0.988. The Morgan fingerprint density at radius 1 is 1.00 bits per heavy atom. The molecule has 3 aliphatic rings. The number of hydrogen-bond donors (Lipinski definition) is 6. The fourth-order valence-corrected chi connectivity index (χ4v) is 5.24. The van der Waals surface area contributed by atoms with Gasteiger partial charge in [0.2, 0.25) is 6.29 Å².